The Hall–Kier alpha value is -3.52. The highest BCUT2D eigenvalue weighted by atomic mass is 16.5. The van der Waals surface area contributed by atoms with Gasteiger partial charge in [-0.1, -0.05) is 42.5 Å². The minimum atomic E-state index is -1.00. The summed E-state index contributed by atoms with van der Waals surface area (Å²) in [5.74, 6) is -1.07. The molecule has 1 amide bonds. The maximum Gasteiger partial charge on any atom is 0.360 e. The van der Waals surface area contributed by atoms with Gasteiger partial charge in [0, 0.05) is 18.5 Å². The Kier molecular flexibility index (Phi) is 5.81. The number of rotatable bonds is 5. The second-order valence-electron chi connectivity index (χ2n) is 7.47. The summed E-state index contributed by atoms with van der Waals surface area (Å²) in [4.78, 5) is 40.0. The van der Waals surface area contributed by atoms with Gasteiger partial charge in [-0.2, -0.15) is 5.10 Å². The van der Waals surface area contributed by atoms with Gasteiger partial charge in [-0.05, 0) is 30.5 Å². The van der Waals surface area contributed by atoms with E-state index >= 15 is 0 Å². The molecule has 31 heavy (non-hydrogen) atoms. The van der Waals surface area contributed by atoms with E-state index in [1.807, 2.05) is 18.2 Å². The molecule has 2 heterocycles. The van der Waals surface area contributed by atoms with Gasteiger partial charge in [0.1, 0.15) is 0 Å². The smallest absolute Gasteiger partial charge is 0.360 e. The highest BCUT2D eigenvalue weighted by Gasteiger charge is 2.28. The average molecular weight is 421 g/mol. The fourth-order valence-electron chi connectivity index (χ4n) is 3.84. The second-order valence-corrected chi connectivity index (χ2v) is 7.47. The Morgan fingerprint density at radius 3 is 2.52 bits per heavy atom. The topological polar surface area (TPSA) is 102 Å². The maximum absolute atomic E-state index is 12.9. The number of amides is 1. The third-order valence-electron chi connectivity index (χ3n) is 5.45. The van der Waals surface area contributed by atoms with E-state index in [1.165, 1.54) is 12.5 Å². The van der Waals surface area contributed by atoms with Crippen molar-refractivity contribution in [1.29, 1.82) is 0 Å². The zero-order valence-corrected chi connectivity index (χ0v) is 17.2. The van der Waals surface area contributed by atoms with E-state index in [0.717, 1.165) is 16.7 Å². The summed E-state index contributed by atoms with van der Waals surface area (Å²) >= 11 is 0. The summed E-state index contributed by atoms with van der Waals surface area (Å²) in [6, 6.07) is 14.5. The number of fused-ring (bicyclic) bond motifs is 2. The van der Waals surface area contributed by atoms with Crippen molar-refractivity contribution >= 4 is 22.6 Å². The van der Waals surface area contributed by atoms with E-state index in [-0.39, 0.29) is 24.8 Å². The number of carbonyl (C=O) groups excluding carboxylic acids is 2. The van der Waals surface area contributed by atoms with E-state index in [0.29, 0.717) is 23.9 Å². The molecule has 0 aliphatic carbocycles. The fraction of sp³-hybridized carbons (Fsp3) is 0.304. The molecule has 0 spiro atoms. The van der Waals surface area contributed by atoms with Gasteiger partial charge < -0.3 is 14.7 Å². The molecule has 0 unspecified atom stereocenters. The molecule has 2 aromatic carbocycles. The largest absolute Gasteiger partial charge is 0.448 e. The number of benzene rings is 2. The molecule has 8 heteroatoms. The van der Waals surface area contributed by atoms with Crippen LogP contribution in [0.5, 0.6) is 0 Å². The van der Waals surface area contributed by atoms with Crippen molar-refractivity contribution in [2.24, 2.45) is 0 Å². The van der Waals surface area contributed by atoms with Gasteiger partial charge in [0.2, 0.25) is 0 Å². The number of aliphatic hydroxyl groups is 1. The van der Waals surface area contributed by atoms with Gasteiger partial charge in [0.25, 0.3) is 11.5 Å². The van der Waals surface area contributed by atoms with Crippen LogP contribution in [0.1, 0.15) is 28.5 Å². The average Bonchev–Trinajstić information content (AvgIpc) is 2.80. The molecule has 1 N–H and O–H groups in total. The molecular formula is C23H23N3O5. The highest BCUT2D eigenvalue weighted by molar-refractivity contribution is 6.02. The Balaban J connectivity index is 1.55. The molecule has 3 aromatic rings. The summed E-state index contributed by atoms with van der Waals surface area (Å²) in [6.07, 6.45) is -0.252. The molecule has 0 radical (unpaired) electrons. The van der Waals surface area contributed by atoms with Crippen LogP contribution in [0.4, 0.5) is 0 Å². The van der Waals surface area contributed by atoms with Crippen LogP contribution in [0.15, 0.2) is 53.3 Å². The molecule has 4 rings (SSSR count). The molecule has 0 bridgehead atoms. The molecule has 0 fully saturated rings. The van der Waals surface area contributed by atoms with Crippen LogP contribution >= 0.6 is 0 Å². The third-order valence-corrected chi connectivity index (χ3v) is 5.45. The van der Waals surface area contributed by atoms with E-state index in [9.17, 15) is 19.5 Å². The van der Waals surface area contributed by atoms with Crippen molar-refractivity contribution in [2.45, 2.75) is 32.5 Å². The first-order valence-corrected chi connectivity index (χ1v) is 10.2. The molecule has 1 aliphatic heterocycles. The van der Waals surface area contributed by atoms with Crippen LogP contribution < -0.4 is 5.56 Å². The van der Waals surface area contributed by atoms with Crippen LogP contribution in [0.3, 0.4) is 0 Å². The van der Waals surface area contributed by atoms with Crippen LogP contribution in [-0.4, -0.2) is 50.9 Å². The van der Waals surface area contributed by atoms with Gasteiger partial charge >= 0.3 is 5.97 Å². The van der Waals surface area contributed by atoms with Gasteiger partial charge in [0.05, 0.1) is 18.5 Å². The lowest BCUT2D eigenvalue weighted by molar-refractivity contribution is -0.140. The van der Waals surface area contributed by atoms with Crippen molar-refractivity contribution in [3.63, 3.8) is 0 Å². The first kappa shape index (κ1) is 20.7. The molecule has 160 valence electrons. The minimum absolute atomic E-state index is 0.0500. The number of esters is 1. The zero-order chi connectivity index (χ0) is 22.0. The first-order chi connectivity index (χ1) is 15.0. The maximum atomic E-state index is 12.9. The monoisotopic (exact) mass is 421 g/mol. The van der Waals surface area contributed by atoms with Gasteiger partial charge in [-0.15, -0.1) is 0 Å². The number of ether oxygens (including phenoxy) is 1. The molecular weight excluding hydrogens is 398 g/mol. The van der Waals surface area contributed by atoms with Gasteiger partial charge in [-0.3, -0.25) is 9.59 Å². The van der Waals surface area contributed by atoms with Crippen molar-refractivity contribution in [3.8, 4) is 0 Å². The van der Waals surface area contributed by atoms with E-state index in [4.69, 9.17) is 4.74 Å². The summed E-state index contributed by atoms with van der Waals surface area (Å²) in [5, 5.41) is 13.9. The van der Waals surface area contributed by atoms with Crippen LogP contribution in [0.25, 0.3) is 10.8 Å². The van der Waals surface area contributed by atoms with Crippen LogP contribution in [0.2, 0.25) is 0 Å². The summed E-state index contributed by atoms with van der Waals surface area (Å²) in [5.41, 5.74) is 1.84. The second kappa shape index (κ2) is 8.69. The Labute approximate surface area is 178 Å². The van der Waals surface area contributed by atoms with Gasteiger partial charge in [-0.25, -0.2) is 9.48 Å². The number of hydrogen-bond acceptors (Lipinski definition) is 6. The Bertz CT molecular complexity index is 1200. The number of aromatic nitrogens is 2. The lowest BCUT2D eigenvalue weighted by atomic mass is 9.99. The number of hydrogen-bond donors (Lipinski definition) is 1. The fourth-order valence-corrected chi connectivity index (χ4v) is 3.84. The van der Waals surface area contributed by atoms with Crippen LogP contribution in [0, 0.1) is 0 Å². The molecule has 8 nitrogen and oxygen atoms in total. The predicted molar refractivity (Wildman–Crippen MR) is 114 cm³/mol. The van der Waals surface area contributed by atoms with E-state index < -0.39 is 17.6 Å². The first-order valence-electron chi connectivity index (χ1n) is 10.2. The quantitative estimate of drug-likeness (QED) is 0.627. The Morgan fingerprint density at radius 1 is 1.10 bits per heavy atom. The van der Waals surface area contributed by atoms with E-state index in [1.54, 1.807) is 29.2 Å². The highest BCUT2D eigenvalue weighted by Crippen LogP contribution is 2.20. The summed E-state index contributed by atoms with van der Waals surface area (Å²) in [7, 11) is 0. The standard InChI is InChI=1S/C23H23N3O5/c1-15(21(28)25-11-10-16-6-2-3-7-17(16)14-25)31-23(30)20-18-8-4-5-9-19(18)22(29)26(24-20)12-13-27/h2-9,15,27H,10-14H2,1H3/t15-/m1/s1. The van der Waals surface area contributed by atoms with Gasteiger partial charge in [0.15, 0.2) is 11.8 Å². The van der Waals surface area contributed by atoms with E-state index in [2.05, 4.69) is 11.2 Å². The lowest BCUT2D eigenvalue weighted by Gasteiger charge is -2.30. The number of carbonyl (C=O) groups is 2. The van der Waals surface area contributed by atoms with Crippen molar-refractivity contribution in [2.75, 3.05) is 13.2 Å². The normalized spacial score (nSPS) is 14.2. The third kappa shape index (κ3) is 4.06. The summed E-state index contributed by atoms with van der Waals surface area (Å²) < 4.78 is 6.48. The Morgan fingerprint density at radius 2 is 1.77 bits per heavy atom. The number of aliphatic hydroxyl groups excluding tert-OH is 1. The number of nitrogens with zero attached hydrogens (tertiary/aromatic N) is 3. The molecule has 1 aliphatic rings. The lowest BCUT2D eigenvalue weighted by Crippen LogP contribution is -2.42. The molecule has 1 aromatic heterocycles. The molecule has 1 atom stereocenters. The van der Waals surface area contributed by atoms with Crippen LogP contribution in [-0.2, 0) is 29.0 Å². The molecule has 0 saturated heterocycles. The SMILES string of the molecule is C[C@@H](OC(=O)c1nn(CCO)c(=O)c2ccccc12)C(=O)N1CCc2ccccc2C1. The van der Waals surface area contributed by atoms with Crippen molar-refractivity contribution in [1.82, 2.24) is 14.7 Å². The van der Waals surface area contributed by atoms with Crippen molar-refractivity contribution in [3.05, 3.63) is 75.7 Å². The zero-order valence-electron chi connectivity index (χ0n) is 17.2. The van der Waals surface area contributed by atoms with Crippen molar-refractivity contribution < 1.29 is 19.4 Å². The predicted octanol–water partition coefficient (Wildman–Crippen LogP) is 1.52. The summed E-state index contributed by atoms with van der Waals surface area (Å²) in [6.45, 7) is 2.21. The minimum Gasteiger partial charge on any atom is -0.448 e. The molecule has 0 saturated carbocycles.